The Morgan fingerprint density at radius 1 is 1.50 bits per heavy atom. The third-order valence-corrected chi connectivity index (χ3v) is 2.47. The van der Waals surface area contributed by atoms with Crippen LogP contribution in [0.1, 0.15) is 5.82 Å². The van der Waals surface area contributed by atoms with Gasteiger partial charge < -0.3 is 4.57 Å². The van der Waals surface area contributed by atoms with Crippen LogP contribution in [0.5, 0.6) is 0 Å². The SMILES string of the molecule is BrCCN1CCn2cnnc2C1. The maximum atomic E-state index is 4.05. The summed E-state index contributed by atoms with van der Waals surface area (Å²) in [4.78, 5) is 2.37. The summed E-state index contributed by atoms with van der Waals surface area (Å²) in [5, 5.41) is 8.95. The molecule has 66 valence electrons. The average molecular weight is 231 g/mol. The van der Waals surface area contributed by atoms with Gasteiger partial charge >= 0.3 is 0 Å². The lowest BCUT2D eigenvalue weighted by atomic mass is 10.3. The van der Waals surface area contributed by atoms with E-state index in [4.69, 9.17) is 0 Å². The van der Waals surface area contributed by atoms with Crippen molar-refractivity contribution in [2.75, 3.05) is 18.4 Å². The van der Waals surface area contributed by atoms with E-state index in [2.05, 4.69) is 35.6 Å². The van der Waals surface area contributed by atoms with Crippen LogP contribution in [0.25, 0.3) is 0 Å². The van der Waals surface area contributed by atoms with Crippen molar-refractivity contribution in [3.8, 4) is 0 Å². The first kappa shape index (κ1) is 8.19. The number of rotatable bonds is 2. The van der Waals surface area contributed by atoms with Gasteiger partial charge in [0.05, 0.1) is 6.54 Å². The molecule has 1 aliphatic heterocycles. The van der Waals surface area contributed by atoms with Gasteiger partial charge in [0.1, 0.15) is 12.2 Å². The number of alkyl halides is 1. The van der Waals surface area contributed by atoms with Crippen molar-refractivity contribution in [2.24, 2.45) is 0 Å². The summed E-state index contributed by atoms with van der Waals surface area (Å²) in [6.45, 7) is 4.16. The Morgan fingerprint density at radius 3 is 3.25 bits per heavy atom. The van der Waals surface area contributed by atoms with E-state index < -0.39 is 0 Å². The molecule has 0 aliphatic carbocycles. The van der Waals surface area contributed by atoms with Crippen LogP contribution in [0.15, 0.2) is 6.33 Å². The van der Waals surface area contributed by atoms with Gasteiger partial charge in [0.15, 0.2) is 0 Å². The van der Waals surface area contributed by atoms with Crippen molar-refractivity contribution in [3.05, 3.63) is 12.2 Å². The molecule has 1 aliphatic rings. The van der Waals surface area contributed by atoms with Gasteiger partial charge in [-0.15, -0.1) is 10.2 Å². The van der Waals surface area contributed by atoms with Crippen molar-refractivity contribution in [1.82, 2.24) is 19.7 Å². The van der Waals surface area contributed by atoms with E-state index in [0.29, 0.717) is 0 Å². The number of hydrogen-bond acceptors (Lipinski definition) is 3. The van der Waals surface area contributed by atoms with Crippen LogP contribution in [0, 0.1) is 0 Å². The average Bonchev–Trinajstić information content (AvgIpc) is 2.51. The molecule has 2 rings (SSSR count). The molecule has 2 heterocycles. The van der Waals surface area contributed by atoms with E-state index in [1.807, 2.05) is 0 Å². The summed E-state index contributed by atoms with van der Waals surface area (Å²) < 4.78 is 2.12. The fourth-order valence-electron chi connectivity index (χ4n) is 1.43. The van der Waals surface area contributed by atoms with Crippen LogP contribution in [0.3, 0.4) is 0 Å². The maximum absolute atomic E-state index is 4.05. The Hall–Kier alpha value is -0.420. The third-order valence-electron chi connectivity index (χ3n) is 2.12. The van der Waals surface area contributed by atoms with Crippen LogP contribution in [-0.4, -0.2) is 38.1 Å². The minimum atomic E-state index is 0.936. The largest absolute Gasteiger partial charge is 0.315 e. The molecule has 0 saturated carbocycles. The van der Waals surface area contributed by atoms with Crippen molar-refractivity contribution in [1.29, 1.82) is 0 Å². The molecule has 1 aromatic heterocycles. The van der Waals surface area contributed by atoms with Crippen molar-refractivity contribution in [3.63, 3.8) is 0 Å². The first-order valence-corrected chi connectivity index (χ1v) is 5.17. The van der Waals surface area contributed by atoms with E-state index in [1.165, 1.54) is 0 Å². The van der Waals surface area contributed by atoms with E-state index in [1.54, 1.807) is 6.33 Å². The molecule has 0 amide bonds. The summed E-state index contributed by atoms with van der Waals surface area (Å²) in [5.74, 6) is 1.09. The topological polar surface area (TPSA) is 34.0 Å². The molecule has 0 radical (unpaired) electrons. The molecule has 0 unspecified atom stereocenters. The molecule has 0 saturated heterocycles. The highest BCUT2D eigenvalue weighted by Crippen LogP contribution is 2.08. The van der Waals surface area contributed by atoms with E-state index >= 15 is 0 Å². The summed E-state index contributed by atoms with van der Waals surface area (Å²) in [7, 11) is 0. The number of fused-ring (bicyclic) bond motifs is 1. The molecule has 0 aromatic carbocycles. The van der Waals surface area contributed by atoms with E-state index in [-0.39, 0.29) is 0 Å². The van der Waals surface area contributed by atoms with Crippen molar-refractivity contribution in [2.45, 2.75) is 13.1 Å². The van der Waals surface area contributed by atoms with Crippen molar-refractivity contribution < 1.29 is 0 Å². The smallest absolute Gasteiger partial charge is 0.147 e. The van der Waals surface area contributed by atoms with Crippen LogP contribution in [0.2, 0.25) is 0 Å². The van der Waals surface area contributed by atoms with Crippen LogP contribution < -0.4 is 0 Å². The maximum Gasteiger partial charge on any atom is 0.147 e. The number of hydrogen-bond donors (Lipinski definition) is 0. The summed E-state index contributed by atoms with van der Waals surface area (Å²) in [6, 6.07) is 0. The molecule has 0 bridgehead atoms. The second-order valence-electron chi connectivity index (χ2n) is 2.91. The zero-order valence-corrected chi connectivity index (χ0v) is 8.37. The van der Waals surface area contributed by atoms with Gasteiger partial charge in [-0.2, -0.15) is 0 Å². The molecule has 0 atom stereocenters. The predicted molar refractivity (Wildman–Crippen MR) is 49.1 cm³/mol. The Morgan fingerprint density at radius 2 is 2.42 bits per heavy atom. The van der Waals surface area contributed by atoms with Crippen LogP contribution >= 0.6 is 15.9 Å². The Bertz CT molecular complexity index is 260. The lowest BCUT2D eigenvalue weighted by Crippen LogP contribution is -2.34. The molecule has 4 nitrogen and oxygen atoms in total. The monoisotopic (exact) mass is 230 g/mol. The number of halogens is 1. The molecule has 0 spiro atoms. The molecule has 0 N–H and O–H groups in total. The molecule has 1 aromatic rings. The fraction of sp³-hybridized carbons (Fsp3) is 0.714. The van der Waals surface area contributed by atoms with Gasteiger partial charge in [0, 0.05) is 25.0 Å². The zero-order chi connectivity index (χ0) is 8.39. The quantitative estimate of drug-likeness (QED) is 0.694. The second-order valence-corrected chi connectivity index (χ2v) is 3.70. The molecular formula is C7H11BrN4. The second kappa shape index (κ2) is 3.53. The van der Waals surface area contributed by atoms with Crippen molar-refractivity contribution >= 4 is 15.9 Å². The van der Waals surface area contributed by atoms with Gasteiger partial charge in [0.25, 0.3) is 0 Å². The fourth-order valence-corrected chi connectivity index (χ4v) is 1.93. The third kappa shape index (κ3) is 1.51. The summed E-state index contributed by atoms with van der Waals surface area (Å²) in [5.41, 5.74) is 0. The normalized spacial score (nSPS) is 17.8. The highest BCUT2D eigenvalue weighted by Gasteiger charge is 2.15. The molecule has 0 fully saturated rings. The summed E-state index contributed by atoms with van der Waals surface area (Å²) >= 11 is 3.43. The van der Waals surface area contributed by atoms with Gasteiger partial charge in [0.2, 0.25) is 0 Å². The first-order chi connectivity index (χ1) is 5.90. The highest BCUT2D eigenvalue weighted by molar-refractivity contribution is 9.09. The number of nitrogens with zero attached hydrogens (tertiary/aromatic N) is 4. The summed E-state index contributed by atoms with van der Waals surface area (Å²) in [6.07, 6.45) is 1.81. The Balaban J connectivity index is 2.05. The zero-order valence-electron chi connectivity index (χ0n) is 6.78. The molecule has 12 heavy (non-hydrogen) atoms. The van der Waals surface area contributed by atoms with E-state index in [9.17, 15) is 0 Å². The minimum Gasteiger partial charge on any atom is -0.315 e. The first-order valence-electron chi connectivity index (χ1n) is 4.05. The number of aromatic nitrogens is 3. The van der Waals surface area contributed by atoms with Gasteiger partial charge in [-0.1, -0.05) is 15.9 Å². The molecule has 5 heteroatoms. The Labute approximate surface area is 79.7 Å². The standard InChI is InChI=1S/C7H11BrN4/c8-1-2-11-3-4-12-6-9-10-7(12)5-11/h6H,1-5H2. The van der Waals surface area contributed by atoms with Gasteiger partial charge in [-0.3, -0.25) is 4.90 Å². The Kier molecular flexibility index (Phi) is 2.41. The lowest BCUT2D eigenvalue weighted by molar-refractivity contribution is 0.230. The van der Waals surface area contributed by atoms with Gasteiger partial charge in [-0.25, -0.2) is 0 Å². The van der Waals surface area contributed by atoms with Crippen LogP contribution in [0.4, 0.5) is 0 Å². The lowest BCUT2D eigenvalue weighted by Gasteiger charge is -2.25. The van der Waals surface area contributed by atoms with Crippen LogP contribution in [-0.2, 0) is 13.1 Å². The predicted octanol–water partition coefficient (Wildman–Crippen LogP) is 0.489. The minimum absolute atomic E-state index is 0.936. The van der Waals surface area contributed by atoms with E-state index in [0.717, 1.165) is 37.3 Å². The van der Waals surface area contributed by atoms with Gasteiger partial charge in [-0.05, 0) is 0 Å². The highest BCUT2D eigenvalue weighted by atomic mass is 79.9. The molecular weight excluding hydrogens is 220 g/mol.